The summed E-state index contributed by atoms with van der Waals surface area (Å²) in [5.41, 5.74) is 5.65. The SMILES string of the molecule is CC1(C)O[C@@H]2[C@H](O1)[C@@H](COC(=O)c1ccccc1)O[C@H]2n1cnc(C(N)=O)n1. The first kappa shape index (κ1) is 18.5. The number of carbonyl (C=O) groups excluding carboxylic acids is 2. The number of nitrogens with zero attached hydrogens (tertiary/aromatic N) is 3. The summed E-state index contributed by atoms with van der Waals surface area (Å²) in [4.78, 5) is 27.4. The summed E-state index contributed by atoms with van der Waals surface area (Å²) in [5, 5.41) is 4.04. The smallest absolute Gasteiger partial charge is 0.338 e. The average Bonchev–Trinajstić information content (AvgIpc) is 3.34. The minimum atomic E-state index is -0.841. The molecule has 10 heteroatoms. The Morgan fingerprint density at radius 2 is 1.93 bits per heavy atom. The van der Waals surface area contributed by atoms with Crippen molar-refractivity contribution in [1.82, 2.24) is 14.8 Å². The molecule has 3 heterocycles. The Hall–Kier alpha value is -2.82. The molecule has 2 fully saturated rings. The number of benzene rings is 1. The topological polar surface area (TPSA) is 128 Å². The summed E-state index contributed by atoms with van der Waals surface area (Å²) in [6, 6.07) is 8.67. The predicted octanol–water partition coefficient (Wildman–Crippen LogP) is 0.651. The molecule has 0 aliphatic carbocycles. The van der Waals surface area contributed by atoms with Gasteiger partial charge in [-0.1, -0.05) is 18.2 Å². The van der Waals surface area contributed by atoms with Crippen molar-refractivity contribution < 1.29 is 28.5 Å². The van der Waals surface area contributed by atoms with Crippen LogP contribution in [0.25, 0.3) is 0 Å². The molecule has 1 aromatic carbocycles. The summed E-state index contributed by atoms with van der Waals surface area (Å²) in [6.45, 7) is 3.54. The lowest BCUT2D eigenvalue weighted by atomic mass is 10.1. The summed E-state index contributed by atoms with van der Waals surface area (Å²) in [6.07, 6.45) is -0.935. The molecule has 2 aliphatic heterocycles. The molecule has 0 unspecified atom stereocenters. The van der Waals surface area contributed by atoms with E-state index in [-0.39, 0.29) is 12.4 Å². The van der Waals surface area contributed by atoms with E-state index in [9.17, 15) is 9.59 Å². The van der Waals surface area contributed by atoms with Gasteiger partial charge < -0.3 is 24.7 Å². The van der Waals surface area contributed by atoms with E-state index in [0.29, 0.717) is 5.56 Å². The first-order valence-corrected chi connectivity index (χ1v) is 8.78. The number of fused-ring (bicyclic) bond motifs is 1. The van der Waals surface area contributed by atoms with Gasteiger partial charge in [0, 0.05) is 0 Å². The van der Waals surface area contributed by atoms with Gasteiger partial charge in [-0.25, -0.2) is 14.5 Å². The fraction of sp³-hybridized carbons (Fsp3) is 0.444. The molecule has 1 aromatic heterocycles. The van der Waals surface area contributed by atoms with E-state index in [4.69, 9.17) is 24.7 Å². The maximum atomic E-state index is 12.2. The highest BCUT2D eigenvalue weighted by Crippen LogP contribution is 2.42. The minimum Gasteiger partial charge on any atom is -0.459 e. The normalized spacial score (nSPS) is 28.1. The van der Waals surface area contributed by atoms with Gasteiger partial charge in [0.15, 0.2) is 12.0 Å². The molecule has 10 nitrogen and oxygen atoms in total. The molecule has 0 spiro atoms. The zero-order chi connectivity index (χ0) is 19.9. The number of aromatic nitrogens is 3. The van der Waals surface area contributed by atoms with Crippen LogP contribution in [0.4, 0.5) is 0 Å². The molecule has 0 saturated carbocycles. The molecule has 2 aliphatic rings. The number of hydrogen-bond acceptors (Lipinski definition) is 8. The van der Waals surface area contributed by atoms with Crippen LogP contribution in [-0.4, -0.2) is 57.3 Å². The average molecular weight is 388 g/mol. The van der Waals surface area contributed by atoms with Crippen molar-refractivity contribution in [3.8, 4) is 0 Å². The van der Waals surface area contributed by atoms with Crippen LogP contribution in [0.5, 0.6) is 0 Å². The zero-order valence-corrected chi connectivity index (χ0v) is 15.3. The molecule has 2 N–H and O–H groups in total. The molecule has 4 rings (SSSR count). The monoisotopic (exact) mass is 388 g/mol. The lowest BCUT2D eigenvalue weighted by Crippen LogP contribution is -2.33. The molecule has 2 saturated heterocycles. The Morgan fingerprint density at radius 3 is 2.61 bits per heavy atom. The molecular weight excluding hydrogens is 368 g/mol. The number of rotatable bonds is 5. The van der Waals surface area contributed by atoms with Gasteiger partial charge >= 0.3 is 5.97 Å². The second-order valence-electron chi connectivity index (χ2n) is 7.01. The van der Waals surface area contributed by atoms with Crippen LogP contribution in [0.1, 0.15) is 41.1 Å². The molecule has 0 bridgehead atoms. The van der Waals surface area contributed by atoms with Crippen molar-refractivity contribution >= 4 is 11.9 Å². The van der Waals surface area contributed by atoms with Crippen LogP contribution in [0.3, 0.4) is 0 Å². The van der Waals surface area contributed by atoms with Gasteiger partial charge in [0.05, 0.1) is 5.56 Å². The first-order valence-electron chi connectivity index (χ1n) is 8.78. The summed E-state index contributed by atoms with van der Waals surface area (Å²) >= 11 is 0. The van der Waals surface area contributed by atoms with Crippen molar-refractivity contribution in [2.75, 3.05) is 6.61 Å². The second-order valence-corrected chi connectivity index (χ2v) is 7.01. The Kier molecular flexibility index (Phi) is 4.61. The number of primary amides is 1. The van der Waals surface area contributed by atoms with Crippen molar-refractivity contribution in [2.45, 2.75) is 44.2 Å². The highest BCUT2D eigenvalue weighted by molar-refractivity contribution is 5.89. The Labute approximate surface area is 160 Å². The van der Waals surface area contributed by atoms with E-state index >= 15 is 0 Å². The van der Waals surface area contributed by atoms with E-state index in [2.05, 4.69) is 10.1 Å². The number of nitrogens with two attached hydrogens (primary N) is 1. The van der Waals surface area contributed by atoms with Crippen LogP contribution >= 0.6 is 0 Å². The van der Waals surface area contributed by atoms with Crippen LogP contribution in [0, 0.1) is 0 Å². The third kappa shape index (κ3) is 3.49. The Morgan fingerprint density at radius 1 is 1.21 bits per heavy atom. The number of esters is 1. The molecule has 148 valence electrons. The fourth-order valence-corrected chi connectivity index (χ4v) is 3.33. The highest BCUT2D eigenvalue weighted by Gasteiger charge is 2.56. The van der Waals surface area contributed by atoms with E-state index in [1.165, 1.54) is 11.0 Å². The number of ether oxygens (including phenoxy) is 4. The van der Waals surface area contributed by atoms with E-state index in [1.54, 1.807) is 38.1 Å². The van der Waals surface area contributed by atoms with Gasteiger partial charge in [0.1, 0.15) is 31.2 Å². The lowest BCUT2D eigenvalue weighted by Gasteiger charge is -2.24. The maximum Gasteiger partial charge on any atom is 0.338 e. The van der Waals surface area contributed by atoms with E-state index in [0.717, 1.165) is 0 Å². The second kappa shape index (κ2) is 6.97. The van der Waals surface area contributed by atoms with Crippen molar-refractivity contribution in [1.29, 1.82) is 0 Å². The molecule has 1 amide bonds. The van der Waals surface area contributed by atoms with Gasteiger partial charge in [0.25, 0.3) is 5.91 Å². The molecule has 2 aromatic rings. The largest absolute Gasteiger partial charge is 0.459 e. The summed E-state index contributed by atoms with van der Waals surface area (Å²) in [5.74, 6) is -2.17. The van der Waals surface area contributed by atoms with Crippen LogP contribution in [-0.2, 0) is 18.9 Å². The van der Waals surface area contributed by atoms with Crippen molar-refractivity contribution in [2.24, 2.45) is 5.73 Å². The quantitative estimate of drug-likeness (QED) is 0.740. The highest BCUT2D eigenvalue weighted by atomic mass is 16.8. The summed E-state index contributed by atoms with van der Waals surface area (Å²) < 4.78 is 24.6. The molecule has 4 atom stereocenters. The van der Waals surface area contributed by atoms with Gasteiger partial charge in [0.2, 0.25) is 5.82 Å². The third-order valence-electron chi connectivity index (χ3n) is 4.50. The van der Waals surface area contributed by atoms with Crippen molar-refractivity contribution in [3.05, 3.63) is 48.0 Å². The summed E-state index contributed by atoms with van der Waals surface area (Å²) in [7, 11) is 0. The number of carbonyl (C=O) groups is 2. The Bertz CT molecular complexity index is 883. The van der Waals surface area contributed by atoms with Crippen LogP contribution < -0.4 is 5.73 Å². The van der Waals surface area contributed by atoms with Gasteiger partial charge in [-0.2, -0.15) is 0 Å². The first-order chi connectivity index (χ1) is 13.3. The van der Waals surface area contributed by atoms with Crippen LogP contribution in [0.2, 0.25) is 0 Å². The molecular formula is C18H20N4O6. The van der Waals surface area contributed by atoms with Crippen LogP contribution in [0.15, 0.2) is 36.7 Å². The van der Waals surface area contributed by atoms with Crippen molar-refractivity contribution in [3.63, 3.8) is 0 Å². The van der Waals surface area contributed by atoms with Gasteiger partial charge in [-0.15, -0.1) is 5.10 Å². The standard InChI is InChI=1S/C18H20N4O6/c1-18(2)27-12-11(8-25-17(24)10-6-4-3-5-7-10)26-16(13(12)28-18)22-9-20-15(21-22)14(19)23/h3-7,9,11-13,16H,8H2,1-2H3,(H2,19,23)/t11-,12-,13-,16-/m1/s1. The minimum absolute atomic E-state index is 0.0256. The fourth-order valence-electron chi connectivity index (χ4n) is 3.33. The van der Waals surface area contributed by atoms with E-state index < -0.39 is 42.2 Å². The number of hydrogen-bond donors (Lipinski definition) is 1. The Balaban J connectivity index is 1.50. The maximum absolute atomic E-state index is 12.2. The van der Waals surface area contributed by atoms with E-state index in [1.807, 2.05) is 6.07 Å². The third-order valence-corrected chi connectivity index (χ3v) is 4.50. The zero-order valence-electron chi connectivity index (χ0n) is 15.3. The van der Waals surface area contributed by atoms with Gasteiger partial charge in [-0.05, 0) is 26.0 Å². The lowest BCUT2D eigenvalue weighted by molar-refractivity contribution is -0.201. The molecule has 28 heavy (non-hydrogen) atoms. The predicted molar refractivity (Wildman–Crippen MR) is 93.0 cm³/mol. The molecule has 0 radical (unpaired) electrons. The number of amides is 1. The van der Waals surface area contributed by atoms with Gasteiger partial charge in [-0.3, -0.25) is 4.79 Å².